The molecule has 0 unspecified atom stereocenters. The Morgan fingerprint density at radius 1 is 1.41 bits per heavy atom. The minimum Gasteiger partial charge on any atom is -0.398 e. The SMILES string of the molecule is COCCCCNc1ccc(C(C)=O)c(N)c1. The molecule has 94 valence electrons. The van der Waals surface area contributed by atoms with Crippen LogP contribution in [0, 0.1) is 0 Å². The van der Waals surface area contributed by atoms with Crippen molar-refractivity contribution in [2.24, 2.45) is 0 Å². The van der Waals surface area contributed by atoms with E-state index >= 15 is 0 Å². The second-order valence-electron chi connectivity index (χ2n) is 3.98. The van der Waals surface area contributed by atoms with Crippen LogP contribution >= 0.6 is 0 Å². The molecule has 0 bridgehead atoms. The van der Waals surface area contributed by atoms with Crippen LogP contribution in [0.15, 0.2) is 18.2 Å². The third kappa shape index (κ3) is 4.44. The number of methoxy groups -OCH3 is 1. The van der Waals surface area contributed by atoms with E-state index in [0.29, 0.717) is 11.3 Å². The molecule has 4 heteroatoms. The first-order chi connectivity index (χ1) is 8.15. The van der Waals surface area contributed by atoms with Crippen molar-refractivity contribution in [3.05, 3.63) is 23.8 Å². The van der Waals surface area contributed by atoms with E-state index in [9.17, 15) is 4.79 Å². The largest absolute Gasteiger partial charge is 0.398 e. The highest BCUT2D eigenvalue weighted by atomic mass is 16.5. The van der Waals surface area contributed by atoms with Gasteiger partial charge in [-0.25, -0.2) is 0 Å². The fourth-order valence-corrected chi connectivity index (χ4v) is 1.60. The highest BCUT2D eigenvalue weighted by Gasteiger charge is 2.04. The number of nitrogens with two attached hydrogens (primary N) is 1. The van der Waals surface area contributed by atoms with Crippen LogP contribution in [0.25, 0.3) is 0 Å². The van der Waals surface area contributed by atoms with Crippen LogP contribution in [0.5, 0.6) is 0 Å². The van der Waals surface area contributed by atoms with Crippen LogP contribution in [0.4, 0.5) is 11.4 Å². The van der Waals surface area contributed by atoms with Crippen molar-refractivity contribution in [3.8, 4) is 0 Å². The minimum atomic E-state index is -0.00542. The second-order valence-corrected chi connectivity index (χ2v) is 3.98. The smallest absolute Gasteiger partial charge is 0.161 e. The average Bonchev–Trinajstić information content (AvgIpc) is 2.28. The number of ether oxygens (including phenoxy) is 1. The maximum absolute atomic E-state index is 11.2. The first-order valence-electron chi connectivity index (χ1n) is 5.78. The van der Waals surface area contributed by atoms with Crippen molar-refractivity contribution in [2.75, 3.05) is 31.3 Å². The quantitative estimate of drug-likeness (QED) is 0.433. The summed E-state index contributed by atoms with van der Waals surface area (Å²) in [7, 11) is 1.70. The molecular formula is C13H20N2O2. The number of nitrogen functional groups attached to an aromatic ring is 1. The summed E-state index contributed by atoms with van der Waals surface area (Å²) in [4.78, 5) is 11.2. The Labute approximate surface area is 102 Å². The van der Waals surface area contributed by atoms with Gasteiger partial charge in [-0.15, -0.1) is 0 Å². The number of nitrogens with one attached hydrogen (secondary N) is 1. The molecule has 0 fully saturated rings. The van der Waals surface area contributed by atoms with E-state index in [1.165, 1.54) is 6.92 Å². The molecule has 0 heterocycles. The van der Waals surface area contributed by atoms with Gasteiger partial charge in [-0.1, -0.05) is 0 Å². The lowest BCUT2D eigenvalue weighted by molar-refractivity contribution is 0.101. The molecule has 0 atom stereocenters. The summed E-state index contributed by atoms with van der Waals surface area (Å²) >= 11 is 0. The van der Waals surface area contributed by atoms with E-state index in [1.54, 1.807) is 19.2 Å². The molecule has 3 N–H and O–H groups in total. The molecule has 0 aliphatic rings. The van der Waals surface area contributed by atoms with Crippen molar-refractivity contribution < 1.29 is 9.53 Å². The molecule has 4 nitrogen and oxygen atoms in total. The van der Waals surface area contributed by atoms with E-state index < -0.39 is 0 Å². The van der Waals surface area contributed by atoms with E-state index in [2.05, 4.69) is 5.32 Å². The van der Waals surface area contributed by atoms with Crippen molar-refractivity contribution in [3.63, 3.8) is 0 Å². The number of rotatable bonds is 7. The molecule has 1 aromatic carbocycles. The zero-order valence-electron chi connectivity index (χ0n) is 10.5. The molecule has 1 aromatic rings. The summed E-state index contributed by atoms with van der Waals surface area (Å²) in [6.07, 6.45) is 2.08. The Hall–Kier alpha value is -1.55. The lowest BCUT2D eigenvalue weighted by atomic mass is 10.1. The maximum Gasteiger partial charge on any atom is 0.161 e. The average molecular weight is 236 g/mol. The predicted molar refractivity (Wildman–Crippen MR) is 70.5 cm³/mol. The molecule has 0 spiro atoms. The van der Waals surface area contributed by atoms with Crippen molar-refractivity contribution >= 4 is 17.2 Å². The predicted octanol–water partition coefficient (Wildman–Crippen LogP) is 2.31. The van der Waals surface area contributed by atoms with Crippen LogP contribution in [0.2, 0.25) is 0 Å². The van der Waals surface area contributed by atoms with Gasteiger partial charge in [0, 0.05) is 37.2 Å². The van der Waals surface area contributed by atoms with Gasteiger partial charge in [0.1, 0.15) is 0 Å². The normalized spacial score (nSPS) is 10.2. The van der Waals surface area contributed by atoms with E-state index in [0.717, 1.165) is 31.7 Å². The summed E-state index contributed by atoms with van der Waals surface area (Å²) in [5.74, 6) is -0.00542. The van der Waals surface area contributed by atoms with E-state index in [4.69, 9.17) is 10.5 Å². The van der Waals surface area contributed by atoms with Gasteiger partial charge in [-0.05, 0) is 38.0 Å². The minimum absolute atomic E-state index is 0.00542. The molecule has 0 saturated carbocycles. The van der Waals surface area contributed by atoms with Gasteiger partial charge in [0.15, 0.2) is 5.78 Å². The molecule has 0 aromatic heterocycles. The number of hydrogen-bond acceptors (Lipinski definition) is 4. The molecular weight excluding hydrogens is 216 g/mol. The Balaban J connectivity index is 2.45. The Kier molecular flexibility index (Phi) is 5.49. The van der Waals surface area contributed by atoms with Gasteiger partial charge in [0.2, 0.25) is 0 Å². The van der Waals surface area contributed by atoms with E-state index in [1.807, 2.05) is 6.07 Å². The summed E-state index contributed by atoms with van der Waals surface area (Å²) in [6, 6.07) is 5.44. The summed E-state index contributed by atoms with van der Waals surface area (Å²) in [5.41, 5.74) is 7.85. The number of benzene rings is 1. The Morgan fingerprint density at radius 3 is 2.76 bits per heavy atom. The van der Waals surface area contributed by atoms with Gasteiger partial charge in [-0.3, -0.25) is 4.79 Å². The summed E-state index contributed by atoms with van der Waals surface area (Å²) in [5, 5.41) is 3.26. The van der Waals surface area contributed by atoms with Crippen LogP contribution in [0.1, 0.15) is 30.1 Å². The fraction of sp³-hybridized carbons (Fsp3) is 0.462. The van der Waals surface area contributed by atoms with Crippen molar-refractivity contribution in [2.45, 2.75) is 19.8 Å². The van der Waals surface area contributed by atoms with Gasteiger partial charge >= 0.3 is 0 Å². The van der Waals surface area contributed by atoms with Crippen LogP contribution < -0.4 is 11.1 Å². The number of anilines is 2. The molecule has 0 amide bonds. The fourth-order valence-electron chi connectivity index (χ4n) is 1.60. The van der Waals surface area contributed by atoms with Gasteiger partial charge in [0.05, 0.1) is 0 Å². The zero-order chi connectivity index (χ0) is 12.7. The number of Topliss-reactive ketones (excluding diaryl/α,β-unsaturated/α-hetero) is 1. The van der Waals surface area contributed by atoms with Gasteiger partial charge in [0.25, 0.3) is 0 Å². The number of carbonyl (C=O) groups is 1. The first kappa shape index (κ1) is 13.5. The molecule has 17 heavy (non-hydrogen) atoms. The standard InChI is InChI=1S/C13H20N2O2/c1-10(16)12-6-5-11(9-13(12)14)15-7-3-4-8-17-2/h5-6,9,15H,3-4,7-8,14H2,1-2H3. The molecule has 0 aliphatic heterocycles. The Bertz CT molecular complexity index is 378. The molecule has 1 rings (SSSR count). The third-order valence-corrected chi connectivity index (χ3v) is 2.54. The summed E-state index contributed by atoms with van der Waals surface area (Å²) in [6.45, 7) is 3.18. The monoisotopic (exact) mass is 236 g/mol. The molecule has 0 saturated heterocycles. The number of ketones is 1. The second kappa shape index (κ2) is 6.91. The molecule has 0 radical (unpaired) electrons. The topological polar surface area (TPSA) is 64.3 Å². The Morgan fingerprint density at radius 2 is 2.18 bits per heavy atom. The third-order valence-electron chi connectivity index (χ3n) is 2.54. The zero-order valence-corrected chi connectivity index (χ0v) is 10.5. The number of carbonyl (C=O) groups excluding carboxylic acids is 1. The number of hydrogen-bond donors (Lipinski definition) is 2. The number of unbranched alkanes of at least 4 members (excludes halogenated alkanes) is 1. The van der Waals surface area contributed by atoms with Gasteiger partial charge in [-0.2, -0.15) is 0 Å². The van der Waals surface area contributed by atoms with Gasteiger partial charge < -0.3 is 15.8 Å². The van der Waals surface area contributed by atoms with Crippen LogP contribution in [-0.2, 0) is 4.74 Å². The lowest BCUT2D eigenvalue weighted by Gasteiger charge is -2.08. The van der Waals surface area contributed by atoms with E-state index in [-0.39, 0.29) is 5.78 Å². The van der Waals surface area contributed by atoms with Crippen molar-refractivity contribution in [1.29, 1.82) is 0 Å². The highest BCUT2D eigenvalue weighted by molar-refractivity contribution is 5.99. The molecule has 0 aliphatic carbocycles. The maximum atomic E-state index is 11.2. The first-order valence-corrected chi connectivity index (χ1v) is 5.78. The van der Waals surface area contributed by atoms with Crippen LogP contribution in [-0.4, -0.2) is 26.0 Å². The van der Waals surface area contributed by atoms with Crippen molar-refractivity contribution in [1.82, 2.24) is 0 Å². The summed E-state index contributed by atoms with van der Waals surface area (Å²) < 4.78 is 4.97. The van der Waals surface area contributed by atoms with Crippen LogP contribution in [0.3, 0.4) is 0 Å². The lowest BCUT2D eigenvalue weighted by Crippen LogP contribution is -2.05. The highest BCUT2D eigenvalue weighted by Crippen LogP contribution is 2.18.